The average molecular weight is 436 g/mol. The number of hydrogen-bond acceptors (Lipinski definition) is 5. The summed E-state index contributed by atoms with van der Waals surface area (Å²) in [5, 5.41) is 5.65. The molecule has 0 radical (unpaired) electrons. The van der Waals surface area contributed by atoms with Crippen LogP contribution in [0.25, 0.3) is 6.08 Å². The van der Waals surface area contributed by atoms with Gasteiger partial charge in [-0.3, -0.25) is 9.59 Å². The number of methoxy groups -OCH3 is 1. The molecule has 2 N–H and O–H groups in total. The Kier molecular flexibility index (Phi) is 9.82. The van der Waals surface area contributed by atoms with Crippen molar-refractivity contribution in [2.24, 2.45) is 0 Å². The van der Waals surface area contributed by atoms with Gasteiger partial charge in [-0.2, -0.15) is 0 Å². The molecule has 0 spiro atoms. The lowest BCUT2D eigenvalue weighted by Gasteiger charge is -2.12. The fourth-order valence-corrected chi connectivity index (χ4v) is 2.86. The van der Waals surface area contributed by atoms with Gasteiger partial charge in [0.15, 0.2) is 11.5 Å². The first kappa shape index (κ1) is 24.5. The second kappa shape index (κ2) is 12.8. The number of nitrogens with zero attached hydrogens (tertiary/aromatic N) is 1. The van der Waals surface area contributed by atoms with Gasteiger partial charge in [0.2, 0.25) is 5.91 Å². The van der Waals surface area contributed by atoms with Crippen molar-refractivity contribution in [2.75, 3.05) is 46.2 Å². The predicted octanol–water partition coefficient (Wildman–Crippen LogP) is 3.04. The minimum atomic E-state index is -0.357. The molecule has 2 amide bonds. The molecule has 0 aliphatic rings. The van der Waals surface area contributed by atoms with Gasteiger partial charge in [0.05, 0.1) is 18.4 Å². The van der Waals surface area contributed by atoms with Gasteiger partial charge in [-0.15, -0.1) is 6.42 Å². The van der Waals surface area contributed by atoms with E-state index in [4.69, 9.17) is 15.9 Å². The lowest BCUT2D eigenvalue weighted by Crippen LogP contribution is -2.28. The van der Waals surface area contributed by atoms with Gasteiger partial charge in [-0.25, -0.2) is 0 Å². The highest BCUT2D eigenvalue weighted by Gasteiger charge is 2.12. The van der Waals surface area contributed by atoms with E-state index in [1.165, 1.54) is 13.2 Å². The number of carbonyl (C=O) groups excluding carboxylic acids is 2. The molecular formula is C25H29N3O4. The number of rotatable bonds is 11. The molecule has 0 aromatic heterocycles. The van der Waals surface area contributed by atoms with E-state index in [0.29, 0.717) is 29.3 Å². The van der Waals surface area contributed by atoms with Crippen LogP contribution in [0.2, 0.25) is 0 Å². The number of terminal acetylenes is 1. The van der Waals surface area contributed by atoms with Gasteiger partial charge >= 0.3 is 0 Å². The Labute approximate surface area is 189 Å². The van der Waals surface area contributed by atoms with Crippen molar-refractivity contribution in [1.29, 1.82) is 0 Å². The molecule has 0 aliphatic carbocycles. The molecule has 0 aliphatic heterocycles. The van der Waals surface area contributed by atoms with Crippen LogP contribution in [0.3, 0.4) is 0 Å². The van der Waals surface area contributed by atoms with Crippen molar-refractivity contribution in [3.8, 4) is 23.8 Å². The predicted molar refractivity (Wildman–Crippen MR) is 127 cm³/mol. The van der Waals surface area contributed by atoms with Crippen LogP contribution in [0.15, 0.2) is 48.5 Å². The minimum absolute atomic E-state index is 0.136. The third-order valence-corrected chi connectivity index (χ3v) is 4.42. The maximum atomic E-state index is 12.5. The molecule has 0 unspecified atom stereocenters. The zero-order valence-corrected chi connectivity index (χ0v) is 18.7. The maximum absolute atomic E-state index is 12.5. The number of ether oxygens (including phenoxy) is 2. The van der Waals surface area contributed by atoms with E-state index in [2.05, 4.69) is 21.5 Å². The van der Waals surface area contributed by atoms with Crippen LogP contribution in [-0.2, 0) is 4.79 Å². The Morgan fingerprint density at radius 3 is 2.66 bits per heavy atom. The van der Waals surface area contributed by atoms with Crippen molar-refractivity contribution in [3.05, 3.63) is 59.7 Å². The molecule has 2 aromatic rings. The molecule has 0 fully saturated rings. The quantitative estimate of drug-likeness (QED) is 0.322. The van der Waals surface area contributed by atoms with Crippen molar-refractivity contribution in [3.63, 3.8) is 0 Å². The number of benzene rings is 2. The largest absolute Gasteiger partial charge is 0.493 e. The summed E-state index contributed by atoms with van der Waals surface area (Å²) in [6, 6.07) is 12.2. The van der Waals surface area contributed by atoms with Crippen LogP contribution in [0.5, 0.6) is 11.5 Å². The first-order chi connectivity index (χ1) is 15.4. The summed E-state index contributed by atoms with van der Waals surface area (Å²) >= 11 is 0. The van der Waals surface area contributed by atoms with Gasteiger partial charge in [0, 0.05) is 12.6 Å². The third kappa shape index (κ3) is 7.82. The zero-order chi connectivity index (χ0) is 23.3. The summed E-state index contributed by atoms with van der Waals surface area (Å²) in [5.74, 6) is 2.86. The SMILES string of the molecule is C#CCOc1ccc(C=CC(=O)Nc2ccccc2C(=O)NCCCN(C)C)cc1OC. The van der Waals surface area contributed by atoms with Gasteiger partial charge in [-0.1, -0.05) is 24.1 Å². The fraction of sp³-hybridized carbons (Fsp3) is 0.280. The Morgan fingerprint density at radius 1 is 1.16 bits per heavy atom. The second-order valence-electron chi connectivity index (χ2n) is 7.18. The summed E-state index contributed by atoms with van der Waals surface area (Å²) in [4.78, 5) is 27.0. The van der Waals surface area contributed by atoms with Crippen molar-refractivity contribution < 1.29 is 19.1 Å². The van der Waals surface area contributed by atoms with E-state index in [9.17, 15) is 9.59 Å². The van der Waals surface area contributed by atoms with Gasteiger partial charge in [0.25, 0.3) is 5.91 Å². The lowest BCUT2D eigenvalue weighted by molar-refractivity contribution is -0.111. The highest BCUT2D eigenvalue weighted by Crippen LogP contribution is 2.28. The molecule has 2 aromatic carbocycles. The first-order valence-corrected chi connectivity index (χ1v) is 10.2. The molecule has 2 rings (SSSR count). The van der Waals surface area contributed by atoms with Gasteiger partial charge in [0.1, 0.15) is 6.61 Å². The van der Waals surface area contributed by atoms with Crippen LogP contribution < -0.4 is 20.1 Å². The minimum Gasteiger partial charge on any atom is -0.493 e. The van der Waals surface area contributed by atoms with Gasteiger partial charge < -0.3 is 25.0 Å². The number of nitrogens with one attached hydrogen (secondary N) is 2. The summed E-state index contributed by atoms with van der Waals surface area (Å²) in [6.45, 7) is 1.57. The fourth-order valence-electron chi connectivity index (χ4n) is 2.86. The Hall–Kier alpha value is -3.76. The number of carbonyl (C=O) groups is 2. The van der Waals surface area contributed by atoms with Crippen LogP contribution >= 0.6 is 0 Å². The number of anilines is 1. The Bertz CT molecular complexity index is 993. The van der Waals surface area contributed by atoms with E-state index in [-0.39, 0.29) is 18.4 Å². The second-order valence-corrected chi connectivity index (χ2v) is 7.18. The average Bonchev–Trinajstić information content (AvgIpc) is 2.79. The monoisotopic (exact) mass is 435 g/mol. The smallest absolute Gasteiger partial charge is 0.253 e. The molecular weight excluding hydrogens is 406 g/mol. The molecule has 7 nitrogen and oxygen atoms in total. The van der Waals surface area contributed by atoms with Crippen molar-refractivity contribution in [1.82, 2.24) is 10.2 Å². The van der Waals surface area contributed by atoms with Gasteiger partial charge in [-0.05, 0) is 63.0 Å². The number of amides is 2. The molecule has 7 heteroatoms. The van der Waals surface area contributed by atoms with Crippen molar-refractivity contribution >= 4 is 23.6 Å². The molecule has 0 saturated carbocycles. The van der Waals surface area contributed by atoms with Crippen LogP contribution in [0, 0.1) is 12.3 Å². The first-order valence-electron chi connectivity index (χ1n) is 10.2. The molecule has 0 atom stereocenters. The van der Waals surface area contributed by atoms with Crippen molar-refractivity contribution in [2.45, 2.75) is 6.42 Å². The normalized spacial score (nSPS) is 10.6. The molecule has 168 valence electrons. The van der Waals surface area contributed by atoms with E-state index >= 15 is 0 Å². The van der Waals surface area contributed by atoms with E-state index in [1.807, 2.05) is 14.1 Å². The standard InChI is InChI=1S/C25H29N3O4/c1-5-17-32-22-13-11-19(18-23(22)31-4)12-14-24(29)27-21-10-7-6-9-20(21)25(30)26-15-8-16-28(2)3/h1,6-7,9-14,18H,8,15-17H2,2-4H3,(H,26,30)(H,27,29). The lowest BCUT2D eigenvalue weighted by atomic mass is 10.1. The summed E-state index contributed by atoms with van der Waals surface area (Å²) in [7, 11) is 5.50. The van der Waals surface area contributed by atoms with E-state index in [1.54, 1.807) is 48.5 Å². The van der Waals surface area contributed by atoms with E-state index in [0.717, 1.165) is 18.5 Å². The maximum Gasteiger partial charge on any atom is 0.253 e. The Morgan fingerprint density at radius 2 is 1.94 bits per heavy atom. The topological polar surface area (TPSA) is 79.9 Å². The Balaban J connectivity index is 2.02. The van der Waals surface area contributed by atoms with Crippen LogP contribution in [0.4, 0.5) is 5.69 Å². The van der Waals surface area contributed by atoms with Crippen LogP contribution in [-0.4, -0.2) is 57.6 Å². The zero-order valence-electron chi connectivity index (χ0n) is 18.7. The molecule has 0 heterocycles. The van der Waals surface area contributed by atoms with Crippen LogP contribution in [0.1, 0.15) is 22.3 Å². The van der Waals surface area contributed by atoms with E-state index < -0.39 is 0 Å². The molecule has 32 heavy (non-hydrogen) atoms. The number of para-hydroxylation sites is 1. The number of hydrogen-bond donors (Lipinski definition) is 2. The molecule has 0 saturated heterocycles. The highest BCUT2D eigenvalue weighted by molar-refractivity contribution is 6.07. The molecule has 0 bridgehead atoms. The highest BCUT2D eigenvalue weighted by atomic mass is 16.5. The summed E-state index contributed by atoms with van der Waals surface area (Å²) in [5.41, 5.74) is 1.61. The summed E-state index contributed by atoms with van der Waals surface area (Å²) < 4.78 is 10.7. The third-order valence-electron chi connectivity index (χ3n) is 4.42. The summed E-state index contributed by atoms with van der Waals surface area (Å²) in [6.07, 6.45) is 9.09.